The van der Waals surface area contributed by atoms with Gasteiger partial charge in [-0.1, -0.05) is 19.9 Å². The highest BCUT2D eigenvalue weighted by Gasteiger charge is 2.23. The Balaban J connectivity index is 1.51. The van der Waals surface area contributed by atoms with Crippen molar-refractivity contribution in [3.8, 4) is 28.4 Å². The fraction of sp³-hybridized carbons (Fsp3) is 0.417. The zero-order valence-electron chi connectivity index (χ0n) is 19.0. The summed E-state index contributed by atoms with van der Waals surface area (Å²) in [6.45, 7) is 6.64. The molecular formula is C24H29N7O. The smallest absolute Gasteiger partial charge is 0.197 e. The Morgan fingerprint density at radius 1 is 1.16 bits per heavy atom. The van der Waals surface area contributed by atoms with Gasteiger partial charge in [-0.3, -0.25) is 10.1 Å². The number of nitrogens with one attached hydrogen (secondary N) is 1. The summed E-state index contributed by atoms with van der Waals surface area (Å²) < 4.78 is 7.27. The highest BCUT2D eigenvalue weighted by molar-refractivity contribution is 5.75. The third kappa shape index (κ3) is 3.64. The van der Waals surface area contributed by atoms with Gasteiger partial charge in [0.25, 0.3) is 0 Å². The minimum Gasteiger partial charge on any atom is -0.493 e. The van der Waals surface area contributed by atoms with Gasteiger partial charge >= 0.3 is 0 Å². The first-order valence-electron chi connectivity index (χ1n) is 11.2. The molecule has 5 heterocycles. The van der Waals surface area contributed by atoms with E-state index in [2.05, 4.69) is 58.2 Å². The van der Waals surface area contributed by atoms with Crippen molar-refractivity contribution in [3.63, 3.8) is 0 Å². The van der Waals surface area contributed by atoms with Crippen LogP contribution in [0.1, 0.15) is 49.7 Å². The molecule has 5 rings (SSSR count). The topological polar surface area (TPSA) is 84.2 Å². The number of fused-ring (bicyclic) bond motifs is 1. The van der Waals surface area contributed by atoms with E-state index in [0.717, 1.165) is 41.3 Å². The summed E-state index contributed by atoms with van der Waals surface area (Å²) in [6.07, 6.45) is 7.89. The summed E-state index contributed by atoms with van der Waals surface area (Å²) in [7, 11) is 3.84. The number of ether oxygens (including phenoxy) is 1. The largest absolute Gasteiger partial charge is 0.493 e. The van der Waals surface area contributed by atoms with Crippen molar-refractivity contribution in [2.45, 2.75) is 38.5 Å². The van der Waals surface area contributed by atoms with E-state index in [9.17, 15) is 0 Å². The minimum absolute atomic E-state index is 0.256. The summed E-state index contributed by atoms with van der Waals surface area (Å²) in [6, 6.07) is 6.31. The van der Waals surface area contributed by atoms with Crippen LogP contribution in [0.15, 0.2) is 36.9 Å². The molecule has 32 heavy (non-hydrogen) atoms. The van der Waals surface area contributed by atoms with Crippen LogP contribution in [0, 0.1) is 0 Å². The summed E-state index contributed by atoms with van der Waals surface area (Å²) in [5.74, 6) is 1.52. The van der Waals surface area contributed by atoms with Crippen molar-refractivity contribution >= 4 is 5.65 Å². The fourth-order valence-corrected chi connectivity index (χ4v) is 4.64. The standard InChI is InChI=1S/C24H29N7O/c1-15(2)21-22(18-11-20(32-4)24-26-14-27-31(24)13-18)28-29-23(21)19-6-5-17(12-25-19)16-7-9-30(3)10-8-16/h5-6,11-16H,7-10H2,1-4H3,(H,28,29). The Morgan fingerprint density at radius 3 is 2.66 bits per heavy atom. The van der Waals surface area contributed by atoms with Crippen molar-refractivity contribution in [1.82, 2.24) is 34.7 Å². The van der Waals surface area contributed by atoms with Gasteiger partial charge in [-0.05, 0) is 62.5 Å². The minimum atomic E-state index is 0.256. The molecule has 1 aliphatic heterocycles. The lowest BCUT2D eigenvalue weighted by atomic mass is 9.90. The van der Waals surface area contributed by atoms with E-state index in [-0.39, 0.29) is 5.92 Å². The van der Waals surface area contributed by atoms with Crippen molar-refractivity contribution < 1.29 is 4.74 Å². The van der Waals surface area contributed by atoms with Gasteiger partial charge in [0.05, 0.1) is 18.5 Å². The van der Waals surface area contributed by atoms with E-state index >= 15 is 0 Å². The maximum Gasteiger partial charge on any atom is 0.197 e. The molecule has 4 aromatic rings. The zero-order valence-corrected chi connectivity index (χ0v) is 19.0. The van der Waals surface area contributed by atoms with Gasteiger partial charge < -0.3 is 9.64 Å². The molecule has 8 heteroatoms. The lowest BCUT2D eigenvalue weighted by Crippen LogP contribution is -2.29. The van der Waals surface area contributed by atoms with E-state index in [1.54, 1.807) is 11.6 Å². The quantitative estimate of drug-likeness (QED) is 0.512. The summed E-state index contributed by atoms with van der Waals surface area (Å²) >= 11 is 0. The maximum absolute atomic E-state index is 5.54. The van der Waals surface area contributed by atoms with Gasteiger partial charge in [-0.25, -0.2) is 9.50 Å². The first kappa shape index (κ1) is 20.6. The molecule has 0 aromatic carbocycles. The number of nitrogens with zero attached hydrogens (tertiary/aromatic N) is 6. The predicted molar refractivity (Wildman–Crippen MR) is 124 cm³/mol. The molecule has 0 radical (unpaired) electrons. The monoisotopic (exact) mass is 431 g/mol. The Hall–Kier alpha value is -3.26. The van der Waals surface area contributed by atoms with Gasteiger partial charge in [-0.15, -0.1) is 0 Å². The van der Waals surface area contributed by atoms with Gasteiger partial charge in [0, 0.05) is 23.5 Å². The highest BCUT2D eigenvalue weighted by atomic mass is 16.5. The number of aromatic nitrogens is 6. The van der Waals surface area contributed by atoms with E-state index in [4.69, 9.17) is 9.72 Å². The Bertz CT molecular complexity index is 1220. The lowest BCUT2D eigenvalue weighted by Gasteiger charge is -2.29. The molecule has 0 bridgehead atoms. The van der Waals surface area contributed by atoms with Gasteiger partial charge in [0.15, 0.2) is 11.4 Å². The molecule has 0 spiro atoms. The average Bonchev–Trinajstić information content (AvgIpc) is 3.46. The van der Waals surface area contributed by atoms with Crippen LogP contribution in [0.4, 0.5) is 0 Å². The normalized spacial score (nSPS) is 15.7. The van der Waals surface area contributed by atoms with Gasteiger partial charge in [0.2, 0.25) is 0 Å². The second-order valence-electron chi connectivity index (χ2n) is 8.90. The van der Waals surface area contributed by atoms with Crippen LogP contribution in [0.5, 0.6) is 5.75 Å². The summed E-state index contributed by atoms with van der Waals surface area (Å²) in [5, 5.41) is 12.2. The number of H-pyrrole nitrogens is 1. The van der Waals surface area contributed by atoms with Crippen molar-refractivity contribution in [1.29, 1.82) is 0 Å². The van der Waals surface area contributed by atoms with Crippen LogP contribution in [0.2, 0.25) is 0 Å². The third-order valence-corrected chi connectivity index (χ3v) is 6.45. The van der Waals surface area contributed by atoms with Crippen molar-refractivity contribution in [3.05, 3.63) is 48.0 Å². The average molecular weight is 432 g/mol. The molecule has 4 aromatic heterocycles. The molecule has 1 N–H and O–H groups in total. The molecule has 8 nitrogen and oxygen atoms in total. The first-order chi connectivity index (χ1) is 15.5. The van der Waals surface area contributed by atoms with Crippen LogP contribution < -0.4 is 4.74 Å². The fourth-order valence-electron chi connectivity index (χ4n) is 4.64. The van der Waals surface area contributed by atoms with Crippen LogP contribution in [-0.2, 0) is 0 Å². The molecule has 0 atom stereocenters. The summed E-state index contributed by atoms with van der Waals surface area (Å²) in [5.41, 5.74) is 6.82. The molecule has 1 fully saturated rings. The molecule has 1 aliphatic rings. The third-order valence-electron chi connectivity index (χ3n) is 6.45. The van der Waals surface area contributed by atoms with E-state index < -0.39 is 0 Å². The number of hydrogen-bond donors (Lipinski definition) is 1. The number of pyridine rings is 2. The molecule has 0 aliphatic carbocycles. The van der Waals surface area contributed by atoms with Crippen molar-refractivity contribution in [2.75, 3.05) is 27.2 Å². The van der Waals surface area contributed by atoms with E-state index in [1.807, 2.05) is 18.5 Å². The van der Waals surface area contributed by atoms with Crippen LogP contribution >= 0.6 is 0 Å². The number of likely N-dealkylation sites (tertiary alicyclic amines) is 1. The Morgan fingerprint density at radius 2 is 1.97 bits per heavy atom. The number of hydrogen-bond acceptors (Lipinski definition) is 6. The molecule has 0 amide bonds. The van der Waals surface area contributed by atoms with Crippen LogP contribution in [0.25, 0.3) is 28.3 Å². The molecular weight excluding hydrogens is 402 g/mol. The van der Waals surface area contributed by atoms with E-state index in [1.165, 1.54) is 24.7 Å². The lowest BCUT2D eigenvalue weighted by molar-refractivity contribution is 0.255. The van der Waals surface area contributed by atoms with Gasteiger partial charge in [-0.2, -0.15) is 10.2 Å². The number of piperidine rings is 1. The maximum atomic E-state index is 5.54. The second-order valence-corrected chi connectivity index (χ2v) is 8.90. The molecule has 1 saturated heterocycles. The molecule has 0 unspecified atom stereocenters. The highest BCUT2D eigenvalue weighted by Crippen LogP contribution is 2.37. The SMILES string of the molecule is COc1cc(-c2[nH]nc(-c3ccc(C4CCN(C)CC4)cn3)c2C(C)C)cn2ncnc12. The van der Waals surface area contributed by atoms with Crippen LogP contribution in [0.3, 0.4) is 0 Å². The second kappa shape index (κ2) is 8.35. The van der Waals surface area contributed by atoms with Crippen molar-refractivity contribution in [2.24, 2.45) is 0 Å². The Kier molecular flexibility index (Phi) is 5.38. The molecule has 166 valence electrons. The first-order valence-corrected chi connectivity index (χ1v) is 11.2. The molecule has 0 saturated carbocycles. The van der Waals surface area contributed by atoms with Gasteiger partial charge in [0.1, 0.15) is 12.0 Å². The number of rotatable bonds is 5. The van der Waals surface area contributed by atoms with E-state index in [0.29, 0.717) is 17.3 Å². The predicted octanol–water partition coefficient (Wildman–Crippen LogP) is 4.12. The zero-order chi connectivity index (χ0) is 22.2. The summed E-state index contributed by atoms with van der Waals surface area (Å²) in [4.78, 5) is 11.5. The number of aromatic amines is 1. The number of methoxy groups -OCH3 is 1. The van der Waals surface area contributed by atoms with Crippen LogP contribution in [-0.4, -0.2) is 61.9 Å². The Labute approximate surface area is 187 Å².